The van der Waals surface area contributed by atoms with Gasteiger partial charge in [0.25, 0.3) is 0 Å². The van der Waals surface area contributed by atoms with Gasteiger partial charge in [-0.2, -0.15) is 0 Å². The highest BCUT2D eigenvalue weighted by Gasteiger charge is 2.29. The molecule has 0 bridgehead atoms. The van der Waals surface area contributed by atoms with Gasteiger partial charge < -0.3 is 14.6 Å². The Kier molecular flexibility index (Phi) is 4.35. The molecule has 1 aromatic heterocycles. The molecule has 1 aromatic rings. The number of aromatic nitrogens is 1. The lowest BCUT2D eigenvalue weighted by Crippen LogP contribution is -2.38. The predicted octanol–water partition coefficient (Wildman–Crippen LogP) is 1.000. The summed E-state index contributed by atoms with van der Waals surface area (Å²) in [6, 6.07) is 2.25. The minimum Gasteiger partial charge on any atom is -0.381 e. The number of nitrogens with zero attached hydrogens (tertiary/aromatic N) is 1. The molecule has 118 valence electrons. The van der Waals surface area contributed by atoms with Crippen LogP contribution in [-0.2, 0) is 21.3 Å². The second-order valence-corrected chi connectivity index (χ2v) is 7.56. The van der Waals surface area contributed by atoms with E-state index in [0.29, 0.717) is 30.7 Å². The van der Waals surface area contributed by atoms with E-state index in [1.54, 1.807) is 12.3 Å². The Balaban J connectivity index is 1.79. The lowest BCUT2D eigenvalue weighted by Gasteiger charge is -2.22. The van der Waals surface area contributed by atoms with Crippen molar-refractivity contribution in [2.75, 3.05) is 20.3 Å². The van der Waals surface area contributed by atoms with Crippen LogP contribution in [0.4, 0.5) is 0 Å². The van der Waals surface area contributed by atoms with Crippen LogP contribution in [0, 0.1) is 0 Å². The zero-order valence-corrected chi connectivity index (χ0v) is 13.2. The van der Waals surface area contributed by atoms with Gasteiger partial charge in [-0.05, 0) is 38.8 Å². The van der Waals surface area contributed by atoms with Gasteiger partial charge in [0.05, 0.1) is 4.90 Å². The molecular weight excluding hydrogens is 290 g/mol. The lowest BCUT2D eigenvalue weighted by molar-refractivity contribution is 0.0832. The molecule has 1 saturated carbocycles. The highest BCUT2D eigenvalue weighted by Crippen LogP contribution is 2.37. The molecule has 2 fully saturated rings. The summed E-state index contributed by atoms with van der Waals surface area (Å²) in [6.45, 7) is 1.94. The summed E-state index contributed by atoms with van der Waals surface area (Å²) in [4.78, 5) is 0.381. The zero-order valence-electron chi connectivity index (χ0n) is 12.3. The molecule has 3 rings (SSSR count). The fraction of sp³-hybridized carbons (Fsp3) is 0.714. The second-order valence-electron chi connectivity index (χ2n) is 5.84. The van der Waals surface area contributed by atoms with Crippen LogP contribution in [0.3, 0.4) is 0 Å². The zero-order chi connectivity index (χ0) is 14.9. The van der Waals surface area contributed by atoms with E-state index in [0.717, 1.165) is 31.4 Å². The van der Waals surface area contributed by atoms with E-state index in [1.165, 1.54) is 0 Å². The molecule has 6 nitrogen and oxygen atoms in total. The van der Waals surface area contributed by atoms with E-state index < -0.39 is 10.0 Å². The van der Waals surface area contributed by atoms with Gasteiger partial charge in [-0.3, -0.25) is 0 Å². The van der Waals surface area contributed by atoms with Crippen LogP contribution in [0.2, 0.25) is 0 Å². The van der Waals surface area contributed by atoms with Crippen LogP contribution < -0.4 is 10.0 Å². The molecule has 21 heavy (non-hydrogen) atoms. The molecule has 0 amide bonds. The van der Waals surface area contributed by atoms with E-state index in [2.05, 4.69) is 14.6 Å². The number of sulfonamides is 1. The molecule has 1 aliphatic carbocycles. The third-order valence-electron chi connectivity index (χ3n) is 4.06. The first kappa shape index (κ1) is 15.0. The van der Waals surface area contributed by atoms with Gasteiger partial charge in [0.15, 0.2) is 0 Å². The van der Waals surface area contributed by atoms with Crippen molar-refractivity contribution < 1.29 is 13.2 Å². The monoisotopic (exact) mass is 313 g/mol. The van der Waals surface area contributed by atoms with Gasteiger partial charge in [-0.1, -0.05) is 0 Å². The van der Waals surface area contributed by atoms with E-state index in [9.17, 15) is 8.42 Å². The Morgan fingerprint density at radius 1 is 1.29 bits per heavy atom. The van der Waals surface area contributed by atoms with Crippen LogP contribution in [0.5, 0.6) is 0 Å². The summed E-state index contributed by atoms with van der Waals surface area (Å²) in [5.74, 6) is 0. The second kappa shape index (κ2) is 6.08. The topological polar surface area (TPSA) is 72.4 Å². The van der Waals surface area contributed by atoms with Crippen LogP contribution in [-0.4, -0.2) is 39.3 Å². The Morgan fingerprint density at radius 3 is 2.62 bits per heavy atom. The minimum absolute atomic E-state index is 0.0132. The highest BCUT2D eigenvalue weighted by molar-refractivity contribution is 7.89. The molecule has 0 unspecified atom stereocenters. The van der Waals surface area contributed by atoms with E-state index >= 15 is 0 Å². The molecule has 2 aliphatic rings. The molecule has 0 atom stereocenters. The lowest BCUT2D eigenvalue weighted by atomic mass is 10.1. The van der Waals surface area contributed by atoms with Crippen molar-refractivity contribution in [3.63, 3.8) is 0 Å². The van der Waals surface area contributed by atoms with Gasteiger partial charge in [0, 0.05) is 43.7 Å². The number of rotatable bonds is 6. The number of ether oxygens (including phenoxy) is 1. The molecule has 1 aliphatic heterocycles. The van der Waals surface area contributed by atoms with Crippen molar-refractivity contribution in [1.82, 2.24) is 14.6 Å². The summed E-state index contributed by atoms with van der Waals surface area (Å²) >= 11 is 0. The maximum Gasteiger partial charge on any atom is 0.242 e. The fourth-order valence-corrected chi connectivity index (χ4v) is 4.12. The Morgan fingerprint density at radius 2 is 2.00 bits per heavy atom. The van der Waals surface area contributed by atoms with E-state index in [-0.39, 0.29) is 6.04 Å². The molecule has 0 spiro atoms. The van der Waals surface area contributed by atoms with Crippen LogP contribution in [0.1, 0.15) is 37.4 Å². The largest absolute Gasteiger partial charge is 0.381 e. The molecule has 2 heterocycles. The van der Waals surface area contributed by atoms with Crippen LogP contribution in [0.15, 0.2) is 17.2 Å². The summed E-state index contributed by atoms with van der Waals surface area (Å²) in [5.41, 5.74) is 1.03. The quantitative estimate of drug-likeness (QED) is 0.822. The van der Waals surface area contributed by atoms with E-state index in [1.807, 2.05) is 7.05 Å². The Bertz CT molecular complexity index is 587. The third-order valence-corrected chi connectivity index (χ3v) is 5.55. The first-order valence-corrected chi connectivity index (χ1v) is 9.04. The molecule has 7 heteroatoms. The van der Waals surface area contributed by atoms with Crippen LogP contribution in [0.25, 0.3) is 0 Å². The first-order chi connectivity index (χ1) is 10.1. The SMILES string of the molecule is CNCc1cc(S(=O)(=O)NC2CCOCC2)cn1C1CC1. The molecule has 1 saturated heterocycles. The summed E-state index contributed by atoms with van der Waals surface area (Å²) in [7, 11) is -1.57. The van der Waals surface area contributed by atoms with Gasteiger partial charge in [-0.15, -0.1) is 0 Å². The van der Waals surface area contributed by atoms with Crippen LogP contribution >= 0.6 is 0 Å². The Hall–Kier alpha value is -0.890. The normalized spacial score (nSPS) is 20.8. The smallest absolute Gasteiger partial charge is 0.242 e. The molecular formula is C14H23N3O3S. The summed E-state index contributed by atoms with van der Waals surface area (Å²) in [5, 5.41) is 3.10. The van der Waals surface area contributed by atoms with Crippen molar-refractivity contribution in [3.05, 3.63) is 18.0 Å². The van der Waals surface area contributed by atoms with Gasteiger partial charge in [-0.25, -0.2) is 13.1 Å². The molecule has 2 N–H and O–H groups in total. The maximum atomic E-state index is 12.5. The minimum atomic E-state index is -3.44. The maximum absolute atomic E-state index is 12.5. The molecule has 0 radical (unpaired) electrons. The third kappa shape index (κ3) is 3.48. The van der Waals surface area contributed by atoms with Crippen molar-refractivity contribution in [2.45, 2.75) is 49.2 Å². The fourth-order valence-electron chi connectivity index (χ4n) is 2.76. The first-order valence-electron chi connectivity index (χ1n) is 7.55. The number of hydrogen-bond acceptors (Lipinski definition) is 4. The predicted molar refractivity (Wildman–Crippen MR) is 79.6 cm³/mol. The standard InChI is InChI=1S/C14H23N3O3S/c1-15-9-13-8-14(10-17(13)12-2-3-12)21(18,19)16-11-4-6-20-7-5-11/h8,10-12,15-16H,2-7,9H2,1H3. The average molecular weight is 313 g/mol. The van der Waals surface area contributed by atoms with Crippen molar-refractivity contribution in [3.8, 4) is 0 Å². The van der Waals surface area contributed by atoms with Gasteiger partial charge in [0.2, 0.25) is 10.0 Å². The van der Waals surface area contributed by atoms with Crippen molar-refractivity contribution in [2.24, 2.45) is 0 Å². The number of hydrogen-bond donors (Lipinski definition) is 2. The van der Waals surface area contributed by atoms with E-state index in [4.69, 9.17) is 4.74 Å². The van der Waals surface area contributed by atoms with Crippen molar-refractivity contribution in [1.29, 1.82) is 0 Å². The van der Waals surface area contributed by atoms with Gasteiger partial charge >= 0.3 is 0 Å². The number of nitrogens with one attached hydrogen (secondary N) is 2. The average Bonchev–Trinajstić information content (AvgIpc) is 3.21. The summed E-state index contributed by atoms with van der Waals surface area (Å²) < 4.78 is 35.2. The Labute approximate surface area is 125 Å². The van der Waals surface area contributed by atoms with Gasteiger partial charge in [0.1, 0.15) is 0 Å². The van der Waals surface area contributed by atoms with Crippen molar-refractivity contribution >= 4 is 10.0 Å². The molecule has 0 aromatic carbocycles. The highest BCUT2D eigenvalue weighted by atomic mass is 32.2. The summed E-state index contributed by atoms with van der Waals surface area (Å²) in [6.07, 6.45) is 5.54.